The van der Waals surface area contributed by atoms with Crippen LogP contribution in [-0.4, -0.2) is 44.9 Å². The standard InChI is InChI=1S/2C8H10O4.C2H6/c2*1-12-7-3-6(10)2-5(4-9)8(7)11;1-2/h2*2-3,9-11H,4H2,1H3;1-2H3. The second-order valence-electron chi connectivity index (χ2n) is 4.63. The van der Waals surface area contributed by atoms with E-state index in [0.717, 1.165) is 0 Å². The molecule has 0 radical (unpaired) electrons. The summed E-state index contributed by atoms with van der Waals surface area (Å²) < 4.78 is 9.49. The van der Waals surface area contributed by atoms with Crippen molar-refractivity contribution in [1.82, 2.24) is 0 Å². The monoisotopic (exact) mass is 370 g/mol. The van der Waals surface area contributed by atoms with E-state index in [0.29, 0.717) is 0 Å². The Morgan fingerprint density at radius 3 is 1.19 bits per heavy atom. The van der Waals surface area contributed by atoms with Gasteiger partial charge in [0.1, 0.15) is 11.5 Å². The Labute approximate surface area is 152 Å². The van der Waals surface area contributed by atoms with Crippen molar-refractivity contribution in [2.75, 3.05) is 14.2 Å². The highest BCUT2D eigenvalue weighted by molar-refractivity contribution is 5.50. The van der Waals surface area contributed by atoms with Crippen LogP contribution in [0.3, 0.4) is 0 Å². The van der Waals surface area contributed by atoms with Crippen molar-refractivity contribution in [2.24, 2.45) is 0 Å². The lowest BCUT2D eigenvalue weighted by Gasteiger charge is -2.07. The summed E-state index contributed by atoms with van der Waals surface area (Å²) in [5.41, 5.74) is 0.485. The van der Waals surface area contributed by atoms with Gasteiger partial charge >= 0.3 is 0 Å². The van der Waals surface area contributed by atoms with Gasteiger partial charge in [-0.15, -0.1) is 0 Å². The summed E-state index contributed by atoms with van der Waals surface area (Å²) in [7, 11) is 2.74. The van der Waals surface area contributed by atoms with E-state index in [1.165, 1.54) is 38.5 Å². The highest BCUT2D eigenvalue weighted by Crippen LogP contribution is 2.34. The molecule has 0 saturated carbocycles. The number of rotatable bonds is 4. The molecule has 0 aliphatic rings. The molecule has 0 heterocycles. The van der Waals surface area contributed by atoms with Crippen molar-refractivity contribution >= 4 is 0 Å². The van der Waals surface area contributed by atoms with Gasteiger partial charge in [-0.25, -0.2) is 0 Å². The quantitative estimate of drug-likeness (QED) is 0.450. The van der Waals surface area contributed by atoms with Gasteiger partial charge in [-0.05, 0) is 12.1 Å². The number of hydrogen-bond donors (Lipinski definition) is 6. The molecule has 26 heavy (non-hydrogen) atoms. The number of hydrogen-bond acceptors (Lipinski definition) is 8. The minimum atomic E-state index is -0.337. The molecule has 0 atom stereocenters. The van der Waals surface area contributed by atoms with Crippen LogP contribution in [0.1, 0.15) is 25.0 Å². The molecule has 0 aliphatic heterocycles. The maximum absolute atomic E-state index is 9.32. The maximum Gasteiger partial charge on any atom is 0.164 e. The van der Waals surface area contributed by atoms with Crippen molar-refractivity contribution in [3.05, 3.63) is 35.4 Å². The molecular formula is C18H26O8. The van der Waals surface area contributed by atoms with Gasteiger partial charge in [0, 0.05) is 23.3 Å². The normalized spacial score (nSPS) is 9.31. The van der Waals surface area contributed by atoms with Crippen LogP contribution in [0, 0.1) is 0 Å². The molecule has 0 aromatic heterocycles. The Balaban J connectivity index is 0.000000439. The smallest absolute Gasteiger partial charge is 0.164 e. The number of aliphatic hydroxyl groups excluding tert-OH is 2. The van der Waals surface area contributed by atoms with Crippen LogP contribution in [0.25, 0.3) is 0 Å². The predicted octanol–water partition coefficient (Wildman–Crippen LogP) is 2.22. The minimum Gasteiger partial charge on any atom is -0.508 e. The first-order valence-electron chi connectivity index (χ1n) is 7.77. The van der Waals surface area contributed by atoms with Crippen LogP contribution in [0.2, 0.25) is 0 Å². The van der Waals surface area contributed by atoms with Crippen molar-refractivity contribution in [3.8, 4) is 34.5 Å². The molecule has 2 aromatic carbocycles. The molecule has 6 N–H and O–H groups in total. The molecule has 0 spiro atoms. The largest absolute Gasteiger partial charge is 0.508 e. The topological polar surface area (TPSA) is 140 Å². The molecular weight excluding hydrogens is 344 g/mol. The number of methoxy groups -OCH3 is 2. The zero-order valence-corrected chi connectivity index (χ0v) is 15.2. The van der Waals surface area contributed by atoms with Gasteiger partial charge < -0.3 is 40.1 Å². The van der Waals surface area contributed by atoms with Gasteiger partial charge in [0.05, 0.1) is 27.4 Å². The zero-order valence-electron chi connectivity index (χ0n) is 15.2. The maximum atomic E-state index is 9.32. The van der Waals surface area contributed by atoms with E-state index in [9.17, 15) is 10.2 Å². The van der Waals surface area contributed by atoms with Crippen molar-refractivity contribution in [2.45, 2.75) is 27.1 Å². The van der Waals surface area contributed by atoms with Gasteiger partial charge in [0.2, 0.25) is 0 Å². The first-order chi connectivity index (χ1) is 12.4. The summed E-state index contributed by atoms with van der Waals surface area (Å²) in [6.45, 7) is 3.33. The van der Waals surface area contributed by atoms with Crippen molar-refractivity contribution in [1.29, 1.82) is 0 Å². The van der Waals surface area contributed by atoms with Gasteiger partial charge in [0.25, 0.3) is 0 Å². The van der Waals surface area contributed by atoms with E-state index in [2.05, 4.69) is 0 Å². The predicted molar refractivity (Wildman–Crippen MR) is 95.8 cm³/mol. The van der Waals surface area contributed by atoms with Crippen LogP contribution < -0.4 is 9.47 Å². The van der Waals surface area contributed by atoms with E-state index in [1.54, 1.807) is 0 Å². The molecule has 2 aromatic rings. The van der Waals surface area contributed by atoms with Crippen molar-refractivity contribution < 1.29 is 40.1 Å². The summed E-state index contributed by atoms with van der Waals surface area (Å²) >= 11 is 0. The Hall–Kier alpha value is -2.84. The van der Waals surface area contributed by atoms with Crippen LogP contribution in [0.15, 0.2) is 24.3 Å². The number of benzene rings is 2. The number of ether oxygens (including phenoxy) is 2. The first kappa shape index (κ1) is 23.2. The fraction of sp³-hybridized carbons (Fsp3) is 0.333. The Morgan fingerprint density at radius 2 is 0.962 bits per heavy atom. The number of phenols is 4. The van der Waals surface area contributed by atoms with Crippen molar-refractivity contribution in [3.63, 3.8) is 0 Å². The third kappa shape index (κ3) is 6.23. The van der Waals surface area contributed by atoms with Gasteiger partial charge in [0.15, 0.2) is 23.0 Å². The van der Waals surface area contributed by atoms with Gasteiger partial charge in [-0.1, -0.05) is 13.8 Å². The van der Waals surface area contributed by atoms with Crippen LogP contribution >= 0.6 is 0 Å². The first-order valence-corrected chi connectivity index (χ1v) is 7.77. The molecule has 0 saturated heterocycles. The van der Waals surface area contributed by atoms with E-state index < -0.39 is 0 Å². The third-order valence-corrected chi connectivity index (χ3v) is 3.06. The number of phenolic OH excluding ortho intramolecular Hbond substituents is 2. The summed E-state index contributed by atoms with van der Waals surface area (Å²) in [5, 5.41) is 54.3. The summed E-state index contributed by atoms with van der Waals surface area (Å²) in [6, 6.07) is 5.10. The van der Waals surface area contributed by atoms with E-state index in [4.69, 9.17) is 29.9 Å². The Bertz CT molecular complexity index is 575. The molecule has 8 heteroatoms. The molecule has 0 bridgehead atoms. The number of aliphatic hydroxyl groups is 2. The molecule has 8 nitrogen and oxygen atoms in total. The second kappa shape index (κ2) is 11.7. The second-order valence-corrected chi connectivity index (χ2v) is 4.63. The van der Waals surface area contributed by atoms with Crippen LogP contribution in [0.4, 0.5) is 0 Å². The fourth-order valence-electron chi connectivity index (χ4n) is 1.85. The van der Waals surface area contributed by atoms with E-state index >= 15 is 0 Å². The molecule has 0 amide bonds. The summed E-state index contributed by atoms with van der Waals surface area (Å²) in [4.78, 5) is 0. The van der Waals surface area contributed by atoms with Crippen LogP contribution in [0.5, 0.6) is 34.5 Å². The molecule has 0 aliphatic carbocycles. The number of aromatic hydroxyl groups is 4. The van der Waals surface area contributed by atoms with E-state index in [1.807, 2.05) is 13.8 Å². The highest BCUT2D eigenvalue weighted by atomic mass is 16.5. The molecule has 146 valence electrons. The lowest BCUT2D eigenvalue weighted by Crippen LogP contribution is -1.89. The van der Waals surface area contributed by atoms with Gasteiger partial charge in [-0.2, -0.15) is 0 Å². The van der Waals surface area contributed by atoms with Gasteiger partial charge in [-0.3, -0.25) is 0 Å². The third-order valence-electron chi connectivity index (χ3n) is 3.06. The minimum absolute atomic E-state index is 0.0475. The van der Waals surface area contributed by atoms with Crippen LogP contribution in [-0.2, 0) is 13.2 Å². The Morgan fingerprint density at radius 1 is 0.654 bits per heavy atom. The lowest BCUT2D eigenvalue weighted by atomic mass is 10.2. The molecule has 2 rings (SSSR count). The lowest BCUT2D eigenvalue weighted by molar-refractivity contribution is 0.271. The summed E-state index contributed by atoms with van der Waals surface area (Å²) in [5.74, 6) is -0.0731. The highest BCUT2D eigenvalue weighted by Gasteiger charge is 2.09. The molecule has 0 unspecified atom stereocenters. The average molecular weight is 370 g/mol. The Kier molecular flexibility index (Phi) is 10.4. The fourth-order valence-corrected chi connectivity index (χ4v) is 1.85. The SMILES string of the molecule is CC.COc1cc(O)cc(CO)c1O.COc1cc(O)cc(CO)c1O. The molecule has 0 fully saturated rings. The van der Waals surface area contributed by atoms with E-state index in [-0.39, 0.29) is 58.8 Å². The zero-order chi connectivity index (χ0) is 20.3. The summed E-state index contributed by atoms with van der Waals surface area (Å²) in [6.07, 6.45) is 0. The average Bonchev–Trinajstić information content (AvgIpc) is 2.66.